The molecular formula is C48H59ClF3N6O9PS3. The van der Waals surface area contributed by atoms with Crippen LogP contribution in [0.25, 0.3) is 5.57 Å². The number of alkyl halides is 3. The number of halogens is 4. The monoisotopic (exact) mass is 1080 g/mol. The number of rotatable bonds is 18. The van der Waals surface area contributed by atoms with E-state index in [4.69, 9.17) is 11.6 Å². The van der Waals surface area contributed by atoms with Gasteiger partial charge in [-0.25, -0.2) is 21.6 Å². The molecule has 1 aliphatic carbocycles. The van der Waals surface area contributed by atoms with Crippen molar-refractivity contribution in [1.29, 1.82) is 0 Å². The van der Waals surface area contributed by atoms with Crippen LogP contribution >= 0.6 is 19.2 Å². The third kappa shape index (κ3) is 14.5. The van der Waals surface area contributed by atoms with Gasteiger partial charge in [-0.05, 0) is 109 Å². The van der Waals surface area contributed by atoms with Gasteiger partial charge in [-0.2, -0.15) is 13.2 Å². The molecule has 4 aromatic rings. The maximum absolute atomic E-state index is 14.3. The number of sulfonamides is 1. The number of nitrogens with zero attached hydrogens (tertiary/aromatic N) is 4. The zero-order valence-corrected chi connectivity index (χ0v) is 43.5. The molecule has 1 unspecified atom stereocenters. The summed E-state index contributed by atoms with van der Waals surface area (Å²) in [4.78, 5) is 38.4. The Morgan fingerprint density at radius 1 is 0.845 bits per heavy atom. The van der Waals surface area contributed by atoms with E-state index in [1.54, 1.807) is 47.4 Å². The lowest BCUT2D eigenvalue weighted by molar-refractivity contribution is -0.0436. The van der Waals surface area contributed by atoms with Gasteiger partial charge in [0.1, 0.15) is 11.2 Å². The lowest BCUT2D eigenvalue weighted by Gasteiger charge is -2.39. The van der Waals surface area contributed by atoms with Crippen LogP contribution in [0.15, 0.2) is 117 Å². The van der Waals surface area contributed by atoms with E-state index in [1.165, 1.54) is 28.8 Å². The molecule has 0 saturated carbocycles. The van der Waals surface area contributed by atoms with Crippen molar-refractivity contribution in [2.45, 2.75) is 65.8 Å². The Morgan fingerprint density at radius 2 is 1.46 bits per heavy atom. The van der Waals surface area contributed by atoms with Gasteiger partial charge in [-0.15, -0.1) is 0 Å². The van der Waals surface area contributed by atoms with Crippen molar-refractivity contribution in [1.82, 2.24) is 19.4 Å². The second-order valence-corrected chi connectivity index (χ2v) is 26.1. The fraction of sp³-hybridized carbons (Fsp3) is 0.438. The highest BCUT2D eigenvalue weighted by Gasteiger charge is 2.48. The summed E-state index contributed by atoms with van der Waals surface area (Å²) in [6.45, 7) is 10.2. The van der Waals surface area contributed by atoms with Crippen molar-refractivity contribution in [3.63, 3.8) is 0 Å². The molecule has 0 radical (unpaired) electrons. The molecule has 7 rings (SSSR count). The number of benzene rings is 4. The third-order valence-corrected chi connectivity index (χ3v) is 18.5. The molecule has 2 heterocycles. The van der Waals surface area contributed by atoms with Crippen molar-refractivity contribution < 1.29 is 53.4 Å². The second kappa shape index (κ2) is 22.5. The molecular weight excluding hydrogens is 1020 g/mol. The topological polar surface area (TPSA) is 197 Å². The number of piperazine rings is 2. The summed E-state index contributed by atoms with van der Waals surface area (Å²) in [5.41, 5.74) is -1.51. The van der Waals surface area contributed by atoms with Gasteiger partial charge in [0.05, 0.1) is 21.4 Å². The molecule has 4 aromatic carbocycles. The lowest BCUT2D eigenvalue weighted by Crippen LogP contribution is -2.47. The molecule has 2 atom stereocenters. The van der Waals surface area contributed by atoms with Crippen LogP contribution in [0.2, 0.25) is 5.02 Å². The van der Waals surface area contributed by atoms with E-state index < -0.39 is 77.5 Å². The van der Waals surface area contributed by atoms with Gasteiger partial charge in [0.25, 0.3) is 25.8 Å². The first-order chi connectivity index (χ1) is 33.4. The van der Waals surface area contributed by atoms with E-state index >= 15 is 0 Å². The first kappa shape index (κ1) is 54.6. The molecule has 23 heteroatoms. The largest absolute Gasteiger partial charge is 0.501 e. The normalized spacial score (nSPS) is 18.8. The van der Waals surface area contributed by atoms with E-state index in [0.717, 1.165) is 56.7 Å². The van der Waals surface area contributed by atoms with Crippen LogP contribution in [0.5, 0.6) is 0 Å². The number of allylic oxidation sites excluding steroid dienone is 1. The van der Waals surface area contributed by atoms with Crippen LogP contribution in [-0.4, -0.2) is 140 Å². The number of carbonyl (C=O) groups excluding carboxylic acids is 1. The highest BCUT2D eigenvalue weighted by Crippen LogP contribution is 2.43. The van der Waals surface area contributed by atoms with E-state index in [-0.39, 0.29) is 29.7 Å². The van der Waals surface area contributed by atoms with Gasteiger partial charge < -0.3 is 24.9 Å². The number of carbonyl (C=O) groups is 1. The fourth-order valence-electron chi connectivity index (χ4n) is 9.22. The number of anilines is 2. The van der Waals surface area contributed by atoms with Gasteiger partial charge in [0.15, 0.2) is 0 Å². The molecule has 0 bridgehead atoms. The number of hydrogen-bond donors (Lipinski definition) is 4. The Hall–Kier alpha value is -4.15. The fourth-order valence-corrected chi connectivity index (χ4v) is 13.4. The second-order valence-electron chi connectivity index (χ2n) is 19.0. The first-order valence-corrected chi connectivity index (χ1v) is 29.6. The Morgan fingerprint density at radius 3 is 2.08 bits per heavy atom. The van der Waals surface area contributed by atoms with Crippen LogP contribution in [0.4, 0.5) is 24.5 Å². The zero-order chi connectivity index (χ0) is 51.4. The molecule has 2 fully saturated rings. The maximum atomic E-state index is 14.3. The summed E-state index contributed by atoms with van der Waals surface area (Å²) in [5, 5.41) is 3.51. The molecule has 386 valence electrons. The number of nitrogens with one attached hydrogen (secondary N) is 2. The van der Waals surface area contributed by atoms with Gasteiger partial charge in [0, 0.05) is 98.4 Å². The van der Waals surface area contributed by atoms with Gasteiger partial charge in [-0.1, -0.05) is 61.4 Å². The molecule has 15 nitrogen and oxygen atoms in total. The Kier molecular flexibility index (Phi) is 17.3. The molecule has 0 aromatic heterocycles. The zero-order valence-electron chi connectivity index (χ0n) is 39.4. The van der Waals surface area contributed by atoms with E-state index in [1.807, 2.05) is 21.8 Å². The minimum Gasteiger partial charge on any atom is -0.380 e. The van der Waals surface area contributed by atoms with Crippen molar-refractivity contribution in [3.8, 4) is 0 Å². The SMILES string of the molecule is CC1(C)CCC(c2ccc(Cl)cc2)=C(CN2CCN(c3ccc(C(=O)NS(=O)(=O)c4ccc(N[C@H](CCN5CCN(CP(=O)(O)O)CC5)CS(=O)c5ccccc5)c(S(=O)(=O)C(F)(F)F)c4)cc3)CC2)C1. The van der Waals surface area contributed by atoms with E-state index in [9.17, 15) is 53.4 Å². The molecule has 3 aliphatic rings. The van der Waals surface area contributed by atoms with E-state index in [2.05, 4.69) is 41.1 Å². The summed E-state index contributed by atoms with van der Waals surface area (Å²) in [6.07, 6.45) is 2.81. The Labute approximate surface area is 421 Å². The first-order valence-electron chi connectivity index (χ1n) is 23.1. The Balaban J connectivity index is 1.03. The molecule has 1 amide bonds. The smallest absolute Gasteiger partial charge is 0.380 e. The van der Waals surface area contributed by atoms with Crippen LogP contribution in [-0.2, 0) is 35.2 Å². The lowest BCUT2D eigenvalue weighted by atomic mass is 9.73. The minimum absolute atomic E-state index is 0.0589. The van der Waals surface area contributed by atoms with Gasteiger partial charge in [-0.3, -0.25) is 23.4 Å². The van der Waals surface area contributed by atoms with Crippen molar-refractivity contribution in [2.75, 3.05) is 87.7 Å². The van der Waals surface area contributed by atoms with Crippen molar-refractivity contribution in [2.24, 2.45) is 5.41 Å². The minimum atomic E-state index is -6.21. The summed E-state index contributed by atoms with van der Waals surface area (Å²) in [6, 6.07) is 23.7. The average Bonchev–Trinajstić information content (AvgIpc) is 3.31. The standard InChI is InChI=1S/C48H59ClF3N6O9PS3/c1-47(2)20-18-43(35-8-12-38(49)13-9-35)37(31-47)32-56-26-28-58(29-27-56)40-14-10-36(11-15-40)46(59)54-71(66,67)42-16-17-44(45(30-42)70(64,65)48(50,51)52)53-39(33-69(63)41-6-4-3-5-7-41)19-21-55-22-24-57(25-23-55)34-68(60,61)62/h3-17,30,39,53H,18-29,31-34H2,1-2H3,(H,54,59)(H2,60,61,62)/t39-,69?/m1/s1. The quantitative estimate of drug-likeness (QED) is 0.0727. The van der Waals surface area contributed by atoms with E-state index in [0.29, 0.717) is 55.3 Å². The molecule has 4 N–H and O–H groups in total. The van der Waals surface area contributed by atoms with Crippen molar-refractivity contribution >= 4 is 72.7 Å². The molecule has 71 heavy (non-hydrogen) atoms. The Bertz CT molecular complexity index is 2860. The highest BCUT2D eigenvalue weighted by molar-refractivity contribution is 7.92. The van der Waals surface area contributed by atoms with Crippen LogP contribution < -0.4 is 14.9 Å². The predicted molar refractivity (Wildman–Crippen MR) is 270 cm³/mol. The van der Waals surface area contributed by atoms with Crippen molar-refractivity contribution in [3.05, 3.63) is 119 Å². The molecule has 0 spiro atoms. The van der Waals surface area contributed by atoms with Crippen LogP contribution in [0, 0.1) is 5.41 Å². The molecule has 2 saturated heterocycles. The number of amides is 1. The van der Waals surface area contributed by atoms with Gasteiger partial charge >= 0.3 is 13.1 Å². The number of sulfone groups is 1. The van der Waals surface area contributed by atoms with Crippen LogP contribution in [0.3, 0.4) is 0 Å². The summed E-state index contributed by atoms with van der Waals surface area (Å²) in [5.74, 6) is -1.27. The third-order valence-electron chi connectivity index (χ3n) is 13.1. The maximum Gasteiger partial charge on any atom is 0.501 e. The number of hydrogen-bond acceptors (Lipinski definition) is 12. The van der Waals surface area contributed by atoms with Crippen LogP contribution in [0.1, 0.15) is 55.5 Å². The summed E-state index contributed by atoms with van der Waals surface area (Å²) >= 11 is 6.19. The summed E-state index contributed by atoms with van der Waals surface area (Å²) < 4.78 is 123. The predicted octanol–water partition coefficient (Wildman–Crippen LogP) is 7.27. The van der Waals surface area contributed by atoms with Gasteiger partial charge in [0.2, 0.25) is 0 Å². The summed E-state index contributed by atoms with van der Waals surface area (Å²) in [7, 11) is -17.2. The molecule has 2 aliphatic heterocycles. The highest BCUT2D eigenvalue weighted by atomic mass is 35.5. The average molecular weight is 1080 g/mol.